The van der Waals surface area contributed by atoms with Gasteiger partial charge in [-0.15, -0.1) is 5.10 Å². The second-order valence-electron chi connectivity index (χ2n) is 9.64. The van der Waals surface area contributed by atoms with Gasteiger partial charge in [-0.05, 0) is 71.7 Å². The van der Waals surface area contributed by atoms with Gasteiger partial charge < -0.3 is 9.40 Å². The number of tetrazole rings is 1. The van der Waals surface area contributed by atoms with E-state index in [0.717, 1.165) is 57.6 Å². The van der Waals surface area contributed by atoms with Crippen LogP contribution < -0.4 is 5.56 Å². The minimum absolute atomic E-state index is 0.0685. The Kier molecular flexibility index (Phi) is 7.28. The monoisotopic (exact) mass is 496 g/mol. The molecule has 0 fully saturated rings. The molecule has 0 amide bonds. The molecule has 0 unspecified atom stereocenters. The minimum Gasteiger partial charge on any atom is -0.467 e. The highest BCUT2D eigenvalue weighted by Gasteiger charge is 2.27. The topological polar surface area (TPSA) is 92.8 Å². The molecule has 8 nitrogen and oxygen atoms in total. The zero-order chi connectivity index (χ0) is 25.8. The zero-order valence-electron chi connectivity index (χ0n) is 21.5. The van der Waals surface area contributed by atoms with E-state index in [1.807, 2.05) is 49.4 Å². The van der Waals surface area contributed by atoms with E-state index in [1.165, 1.54) is 0 Å². The van der Waals surface area contributed by atoms with E-state index in [0.29, 0.717) is 19.6 Å². The average Bonchev–Trinajstić information content (AvgIpc) is 3.56. The molecular weight excluding hydrogens is 464 g/mol. The predicted molar refractivity (Wildman–Crippen MR) is 143 cm³/mol. The molecule has 8 heteroatoms. The number of nitrogens with one attached hydrogen (secondary N) is 1. The van der Waals surface area contributed by atoms with E-state index in [1.54, 1.807) is 10.9 Å². The zero-order valence-corrected chi connectivity index (χ0v) is 21.5. The Hall–Kier alpha value is -4.04. The van der Waals surface area contributed by atoms with E-state index in [4.69, 9.17) is 4.42 Å². The van der Waals surface area contributed by atoms with Crippen molar-refractivity contribution in [1.82, 2.24) is 30.1 Å². The number of fused-ring (bicyclic) bond motifs is 1. The quantitative estimate of drug-likeness (QED) is 0.281. The van der Waals surface area contributed by atoms with Crippen LogP contribution in [0.3, 0.4) is 0 Å². The summed E-state index contributed by atoms with van der Waals surface area (Å²) in [7, 11) is 0. The number of hydrogen-bond acceptors (Lipinski definition) is 6. The Morgan fingerprint density at radius 3 is 2.65 bits per heavy atom. The highest BCUT2D eigenvalue weighted by atomic mass is 16.3. The molecule has 5 rings (SSSR count). The van der Waals surface area contributed by atoms with Crippen molar-refractivity contribution in [3.63, 3.8) is 0 Å². The molecule has 0 saturated heterocycles. The van der Waals surface area contributed by atoms with Gasteiger partial charge in [-0.2, -0.15) is 0 Å². The molecule has 0 saturated carbocycles. The number of aryl methyl sites for hydroxylation is 2. The van der Waals surface area contributed by atoms with Gasteiger partial charge in [0, 0.05) is 29.6 Å². The summed E-state index contributed by atoms with van der Waals surface area (Å²) in [5.74, 6) is 1.55. The van der Waals surface area contributed by atoms with Crippen LogP contribution in [0, 0.1) is 13.8 Å². The number of furan rings is 1. The van der Waals surface area contributed by atoms with Crippen molar-refractivity contribution in [2.75, 3.05) is 0 Å². The van der Waals surface area contributed by atoms with Gasteiger partial charge in [-0.3, -0.25) is 9.69 Å². The fraction of sp³-hybridized carbons (Fsp3) is 0.310. The Labute approximate surface area is 215 Å². The van der Waals surface area contributed by atoms with Crippen LogP contribution in [0.2, 0.25) is 0 Å². The van der Waals surface area contributed by atoms with E-state index >= 15 is 0 Å². The van der Waals surface area contributed by atoms with Crippen LogP contribution in [-0.2, 0) is 19.6 Å². The van der Waals surface area contributed by atoms with Crippen LogP contribution in [0.1, 0.15) is 59.6 Å². The van der Waals surface area contributed by atoms with Crippen LogP contribution >= 0.6 is 0 Å². The third-order valence-electron chi connectivity index (χ3n) is 6.74. The fourth-order valence-corrected chi connectivity index (χ4v) is 5.01. The highest BCUT2D eigenvalue weighted by Crippen LogP contribution is 2.28. The van der Waals surface area contributed by atoms with E-state index in [2.05, 4.69) is 57.5 Å². The van der Waals surface area contributed by atoms with Gasteiger partial charge in [0.25, 0.3) is 5.56 Å². The fourth-order valence-electron chi connectivity index (χ4n) is 5.01. The summed E-state index contributed by atoms with van der Waals surface area (Å²) in [4.78, 5) is 18.7. The third kappa shape index (κ3) is 5.54. The van der Waals surface area contributed by atoms with E-state index in [9.17, 15) is 4.79 Å². The summed E-state index contributed by atoms with van der Waals surface area (Å²) < 4.78 is 7.35. The lowest BCUT2D eigenvalue weighted by atomic mass is 10.0. The van der Waals surface area contributed by atoms with Crippen LogP contribution in [0.5, 0.6) is 0 Å². The Morgan fingerprint density at radius 2 is 1.89 bits per heavy atom. The summed E-state index contributed by atoms with van der Waals surface area (Å²) in [6.45, 7) is 7.85. The summed E-state index contributed by atoms with van der Waals surface area (Å²) >= 11 is 0. The number of aromatic nitrogens is 5. The van der Waals surface area contributed by atoms with E-state index in [-0.39, 0.29) is 11.6 Å². The molecule has 2 aromatic carbocycles. The highest BCUT2D eigenvalue weighted by molar-refractivity contribution is 5.83. The largest absolute Gasteiger partial charge is 0.467 e. The molecule has 3 aromatic heterocycles. The Bertz CT molecular complexity index is 1520. The standard InChI is InChI=1S/C29H32N6O2/c1-4-9-27(28-31-32-33-35(28)19-24-12-8-13-37-24)34(17-22-10-6-5-7-11-22)18-23-16-25-21(3)14-20(2)15-26(25)30-29(23)36/h5-8,10-16,27H,4,9,17-19H2,1-3H3,(H,30,36)/t27-/m1/s1. The van der Waals surface area contributed by atoms with Gasteiger partial charge >= 0.3 is 0 Å². The maximum absolute atomic E-state index is 13.2. The lowest BCUT2D eigenvalue weighted by Crippen LogP contribution is -2.32. The molecule has 1 N–H and O–H groups in total. The lowest BCUT2D eigenvalue weighted by Gasteiger charge is -2.31. The molecule has 3 heterocycles. The molecule has 0 aliphatic heterocycles. The van der Waals surface area contributed by atoms with Gasteiger partial charge in [0.05, 0.1) is 12.3 Å². The van der Waals surface area contributed by atoms with Gasteiger partial charge in [0.1, 0.15) is 12.3 Å². The molecule has 37 heavy (non-hydrogen) atoms. The number of benzene rings is 2. The molecule has 0 aliphatic rings. The van der Waals surface area contributed by atoms with Gasteiger partial charge in [-0.1, -0.05) is 49.7 Å². The number of nitrogens with zero attached hydrogens (tertiary/aromatic N) is 5. The number of H-pyrrole nitrogens is 1. The first-order valence-corrected chi connectivity index (χ1v) is 12.7. The Morgan fingerprint density at radius 1 is 1.05 bits per heavy atom. The van der Waals surface area contributed by atoms with Crippen LogP contribution in [-0.4, -0.2) is 30.1 Å². The van der Waals surface area contributed by atoms with E-state index < -0.39 is 0 Å². The molecule has 5 aromatic rings. The van der Waals surface area contributed by atoms with Crippen molar-refractivity contribution in [2.45, 2.75) is 59.3 Å². The van der Waals surface area contributed by atoms with Gasteiger partial charge in [0.15, 0.2) is 5.82 Å². The van der Waals surface area contributed by atoms with Crippen molar-refractivity contribution in [1.29, 1.82) is 0 Å². The van der Waals surface area contributed by atoms with Gasteiger partial charge in [-0.25, -0.2) is 4.68 Å². The van der Waals surface area contributed by atoms with Crippen LogP contribution in [0.25, 0.3) is 10.9 Å². The number of hydrogen-bond donors (Lipinski definition) is 1. The molecule has 0 radical (unpaired) electrons. The summed E-state index contributed by atoms with van der Waals surface area (Å²) in [6, 6.07) is 20.2. The SMILES string of the molecule is CCC[C@H](c1nnnn1Cc1ccco1)N(Cc1ccccc1)Cc1cc2c(C)cc(C)cc2[nH]c1=O. The molecule has 0 aliphatic carbocycles. The first kappa shape index (κ1) is 24.6. The number of pyridine rings is 1. The predicted octanol–water partition coefficient (Wildman–Crippen LogP) is 5.32. The van der Waals surface area contributed by atoms with Crippen molar-refractivity contribution in [3.05, 3.63) is 111 Å². The van der Waals surface area contributed by atoms with Crippen molar-refractivity contribution >= 4 is 10.9 Å². The molecular formula is C29H32N6O2. The molecule has 0 spiro atoms. The number of rotatable bonds is 10. The smallest absolute Gasteiger partial charge is 0.252 e. The van der Waals surface area contributed by atoms with Crippen LogP contribution in [0.4, 0.5) is 0 Å². The summed E-state index contributed by atoms with van der Waals surface area (Å²) in [5, 5.41) is 13.8. The van der Waals surface area contributed by atoms with Crippen LogP contribution in [0.15, 0.2) is 76.1 Å². The Balaban J connectivity index is 1.55. The maximum atomic E-state index is 13.2. The average molecular weight is 497 g/mol. The van der Waals surface area contributed by atoms with Crippen molar-refractivity contribution in [2.24, 2.45) is 0 Å². The van der Waals surface area contributed by atoms with Gasteiger partial charge in [0.2, 0.25) is 0 Å². The first-order valence-electron chi connectivity index (χ1n) is 12.7. The lowest BCUT2D eigenvalue weighted by molar-refractivity contribution is 0.155. The van der Waals surface area contributed by atoms with Crippen molar-refractivity contribution < 1.29 is 4.42 Å². The maximum Gasteiger partial charge on any atom is 0.252 e. The summed E-state index contributed by atoms with van der Waals surface area (Å²) in [5.41, 5.74) is 4.97. The first-order chi connectivity index (χ1) is 18.0. The summed E-state index contributed by atoms with van der Waals surface area (Å²) in [6.07, 6.45) is 3.44. The molecule has 1 atom stereocenters. The minimum atomic E-state index is -0.0932. The third-order valence-corrected chi connectivity index (χ3v) is 6.74. The second-order valence-corrected chi connectivity index (χ2v) is 9.64. The number of aromatic amines is 1. The normalized spacial score (nSPS) is 12.4. The molecule has 0 bridgehead atoms. The molecule has 190 valence electrons. The van der Waals surface area contributed by atoms with Crippen molar-refractivity contribution in [3.8, 4) is 0 Å². The second kappa shape index (κ2) is 10.9.